The van der Waals surface area contributed by atoms with Crippen molar-refractivity contribution < 1.29 is 18.0 Å². The zero-order chi connectivity index (χ0) is 27.7. The Morgan fingerprint density at radius 2 is 1.55 bits per heavy atom. The number of rotatable bonds is 12. The van der Waals surface area contributed by atoms with Crippen molar-refractivity contribution in [2.45, 2.75) is 46.2 Å². The molecule has 0 saturated carbocycles. The van der Waals surface area contributed by atoms with Gasteiger partial charge in [-0.05, 0) is 49.1 Å². The van der Waals surface area contributed by atoms with Gasteiger partial charge in [-0.15, -0.1) is 0 Å². The predicted molar refractivity (Wildman–Crippen MR) is 152 cm³/mol. The molecule has 2 amide bonds. The van der Waals surface area contributed by atoms with Gasteiger partial charge in [-0.3, -0.25) is 13.9 Å². The summed E-state index contributed by atoms with van der Waals surface area (Å²) in [5.74, 6) is -0.720. The Labute approximate surface area is 226 Å². The Kier molecular flexibility index (Phi) is 10.1. The van der Waals surface area contributed by atoms with E-state index < -0.39 is 28.5 Å². The first-order valence-electron chi connectivity index (χ1n) is 12.8. The molecule has 0 radical (unpaired) electrons. The van der Waals surface area contributed by atoms with E-state index in [9.17, 15) is 18.0 Å². The van der Waals surface area contributed by atoms with E-state index in [1.807, 2.05) is 81.4 Å². The van der Waals surface area contributed by atoms with Crippen molar-refractivity contribution >= 4 is 27.5 Å². The summed E-state index contributed by atoms with van der Waals surface area (Å²) in [5.41, 5.74) is 4.12. The fourth-order valence-corrected chi connectivity index (χ4v) is 5.05. The fourth-order valence-electron chi connectivity index (χ4n) is 4.21. The maximum atomic E-state index is 14.0. The van der Waals surface area contributed by atoms with Crippen molar-refractivity contribution in [3.63, 3.8) is 0 Å². The van der Waals surface area contributed by atoms with Gasteiger partial charge in [0.15, 0.2) is 0 Å². The topological polar surface area (TPSA) is 86.8 Å². The first kappa shape index (κ1) is 28.9. The molecule has 0 aliphatic rings. The number of anilines is 1. The smallest absolute Gasteiger partial charge is 0.244 e. The highest BCUT2D eigenvalue weighted by Gasteiger charge is 2.32. The summed E-state index contributed by atoms with van der Waals surface area (Å²) >= 11 is 0. The van der Waals surface area contributed by atoms with Crippen molar-refractivity contribution in [3.05, 3.63) is 101 Å². The van der Waals surface area contributed by atoms with Gasteiger partial charge in [0.25, 0.3) is 0 Å². The van der Waals surface area contributed by atoms with E-state index in [4.69, 9.17) is 0 Å². The van der Waals surface area contributed by atoms with Crippen LogP contribution in [0.4, 0.5) is 5.69 Å². The number of nitrogens with zero attached hydrogens (tertiary/aromatic N) is 2. The van der Waals surface area contributed by atoms with Gasteiger partial charge in [0.2, 0.25) is 21.8 Å². The maximum absolute atomic E-state index is 14.0. The molecule has 0 fully saturated rings. The standard InChI is InChI=1S/C30H37N3O4S/c1-5-18-31-30(35)28(20-25-11-7-6-8-12-25)32(21-26-16-14-23(2)15-17-26)29(34)22-33(38(4,36)37)27-13-9-10-24(3)19-27/h6-17,19,28H,5,18,20-22H2,1-4H3,(H,31,35). The minimum Gasteiger partial charge on any atom is -0.354 e. The fraction of sp³-hybridized carbons (Fsp3) is 0.333. The largest absolute Gasteiger partial charge is 0.354 e. The van der Waals surface area contributed by atoms with Crippen LogP contribution < -0.4 is 9.62 Å². The molecule has 8 heteroatoms. The molecule has 3 aromatic rings. The maximum Gasteiger partial charge on any atom is 0.244 e. The van der Waals surface area contributed by atoms with Crippen LogP contribution in [0.1, 0.15) is 35.6 Å². The van der Waals surface area contributed by atoms with Crippen LogP contribution in [0.5, 0.6) is 0 Å². The molecule has 202 valence electrons. The van der Waals surface area contributed by atoms with Gasteiger partial charge >= 0.3 is 0 Å². The Hall–Kier alpha value is -3.65. The minimum atomic E-state index is -3.78. The number of aryl methyl sites for hydroxylation is 2. The van der Waals surface area contributed by atoms with Crippen LogP contribution in [-0.4, -0.2) is 50.5 Å². The first-order valence-corrected chi connectivity index (χ1v) is 14.6. The zero-order valence-corrected chi connectivity index (χ0v) is 23.4. The second-order valence-corrected chi connectivity index (χ2v) is 11.5. The Bertz CT molecular complexity index is 1330. The molecule has 0 bridgehead atoms. The molecule has 38 heavy (non-hydrogen) atoms. The van der Waals surface area contributed by atoms with E-state index in [1.54, 1.807) is 18.2 Å². The molecule has 0 heterocycles. The van der Waals surface area contributed by atoms with Gasteiger partial charge in [0.1, 0.15) is 12.6 Å². The molecule has 3 aromatic carbocycles. The van der Waals surface area contributed by atoms with Crippen LogP contribution in [0, 0.1) is 13.8 Å². The summed E-state index contributed by atoms with van der Waals surface area (Å²) in [6.45, 7) is 6.05. The second kappa shape index (κ2) is 13.2. The highest BCUT2D eigenvalue weighted by molar-refractivity contribution is 7.92. The van der Waals surface area contributed by atoms with Crippen molar-refractivity contribution in [2.24, 2.45) is 0 Å². The van der Waals surface area contributed by atoms with Crippen molar-refractivity contribution in [1.29, 1.82) is 0 Å². The van der Waals surface area contributed by atoms with E-state index in [0.29, 0.717) is 18.7 Å². The summed E-state index contributed by atoms with van der Waals surface area (Å²) in [7, 11) is -3.78. The number of sulfonamides is 1. The lowest BCUT2D eigenvalue weighted by Gasteiger charge is -2.33. The van der Waals surface area contributed by atoms with Gasteiger partial charge in [0.05, 0.1) is 11.9 Å². The van der Waals surface area contributed by atoms with E-state index >= 15 is 0 Å². The number of nitrogens with one attached hydrogen (secondary N) is 1. The molecular formula is C30H37N3O4S. The number of carbonyl (C=O) groups is 2. The van der Waals surface area contributed by atoms with E-state index in [0.717, 1.165) is 39.2 Å². The van der Waals surface area contributed by atoms with Gasteiger partial charge in [-0.25, -0.2) is 8.42 Å². The van der Waals surface area contributed by atoms with Crippen LogP contribution in [0.3, 0.4) is 0 Å². The van der Waals surface area contributed by atoms with Crippen molar-refractivity contribution in [2.75, 3.05) is 23.7 Å². The average molecular weight is 536 g/mol. The normalized spacial score (nSPS) is 12.0. The molecule has 1 N–H and O–H groups in total. The highest BCUT2D eigenvalue weighted by atomic mass is 32.2. The van der Waals surface area contributed by atoms with E-state index in [-0.39, 0.29) is 12.5 Å². The summed E-state index contributed by atoms with van der Waals surface area (Å²) in [4.78, 5) is 28.9. The average Bonchev–Trinajstić information content (AvgIpc) is 2.88. The summed E-state index contributed by atoms with van der Waals surface area (Å²) in [5, 5.41) is 2.94. The molecule has 3 rings (SSSR count). The molecule has 1 unspecified atom stereocenters. The summed E-state index contributed by atoms with van der Waals surface area (Å²) in [6, 6.07) is 23.5. The van der Waals surface area contributed by atoms with Crippen LogP contribution in [0.2, 0.25) is 0 Å². The molecule has 7 nitrogen and oxygen atoms in total. The van der Waals surface area contributed by atoms with Crippen LogP contribution >= 0.6 is 0 Å². The van der Waals surface area contributed by atoms with Crippen LogP contribution in [0.15, 0.2) is 78.9 Å². The minimum absolute atomic E-state index is 0.168. The lowest BCUT2D eigenvalue weighted by atomic mass is 10.0. The monoisotopic (exact) mass is 535 g/mol. The lowest BCUT2D eigenvalue weighted by molar-refractivity contribution is -0.140. The third-order valence-corrected chi connectivity index (χ3v) is 7.40. The number of hydrogen-bond donors (Lipinski definition) is 1. The molecule has 0 aliphatic heterocycles. The summed E-state index contributed by atoms with van der Waals surface area (Å²) in [6.07, 6.45) is 2.14. The predicted octanol–water partition coefficient (Wildman–Crippen LogP) is 4.24. The third-order valence-electron chi connectivity index (χ3n) is 6.26. The molecule has 0 spiro atoms. The van der Waals surface area contributed by atoms with Gasteiger partial charge in [-0.2, -0.15) is 0 Å². The molecule has 0 aromatic heterocycles. The van der Waals surface area contributed by atoms with Gasteiger partial charge in [0, 0.05) is 19.5 Å². The Morgan fingerprint density at radius 1 is 0.868 bits per heavy atom. The Balaban J connectivity index is 2.03. The summed E-state index contributed by atoms with van der Waals surface area (Å²) < 4.78 is 26.7. The number of benzene rings is 3. The second-order valence-electron chi connectivity index (χ2n) is 9.61. The molecule has 0 saturated heterocycles. The number of carbonyl (C=O) groups excluding carboxylic acids is 2. The first-order chi connectivity index (χ1) is 18.1. The molecule has 1 atom stereocenters. The van der Waals surface area contributed by atoms with Crippen LogP contribution in [0.25, 0.3) is 0 Å². The third kappa shape index (κ3) is 8.18. The van der Waals surface area contributed by atoms with E-state index in [2.05, 4.69) is 5.32 Å². The van der Waals surface area contributed by atoms with Crippen LogP contribution in [-0.2, 0) is 32.6 Å². The van der Waals surface area contributed by atoms with Gasteiger partial charge in [-0.1, -0.05) is 79.2 Å². The quantitative estimate of drug-likeness (QED) is 0.376. The lowest BCUT2D eigenvalue weighted by Crippen LogP contribution is -2.53. The zero-order valence-electron chi connectivity index (χ0n) is 22.6. The SMILES string of the molecule is CCCNC(=O)C(Cc1ccccc1)N(Cc1ccc(C)cc1)C(=O)CN(c1cccc(C)c1)S(C)(=O)=O. The van der Waals surface area contributed by atoms with Crippen molar-refractivity contribution in [3.8, 4) is 0 Å². The Morgan fingerprint density at radius 3 is 2.16 bits per heavy atom. The van der Waals surface area contributed by atoms with E-state index in [1.165, 1.54) is 4.90 Å². The molecule has 0 aliphatic carbocycles. The highest BCUT2D eigenvalue weighted by Crippen LogP contribution is 2.21. The van der Waals surface area contributed by atoms with Gasteiger partial charge < -0.3 is 10.2 Å². The molecular weight excluding hydrogens is 498 g/mol. The number of amides is 2. The number of hydrogen-bond acceptors (Lipinski definition) is 4. The van der Waals surface area contributed by atoms with Crippen molar-refractivity contribution in [1.82, 2.24) is 10.2 Å².